The second kappa shape index (κ2) is 6.62. The SMILES string of the molecule is N#CCOc1ccc(C(=O)NCc2nc3ccccc3[nH]2)cc1. The predicted octanol–water partition coefficient (Wildman–Crippen LogP) is 2.40. The van der Waals surface area contributed by atoms with Crippen LogP contribution in [0.25, 0.3) is 11.0 Å². The first-order chi connectivity index (χ1) is 11.3. The Labute approximate surface area is 132 Å². The van der Waals surface area contributed by atoms with E-state index in [0.717, 1.165) is 11.0 Å². The number of ether oxygens (including phenoxy) is 1. The van der Waals surface area contributed by atoms with Crippen molar-refractivity contribution in [2.75, 3.05) is 6.61 Å². The maximum Gasteiger partial charge on any atom is 0.251 e. The van der Waals surface area contributed by atoms with Gasteiger partial charge in [0.1, 0.15) is 17.6 Å². The van der Waals surface area contributed by atoms with E-state index in [1.165, 1.54) is 0 Å². The summed E-state index contributed by atoms with van der Waals surface area (Å²) in [5.41, 5.74) is 2.33. The van der Waals surface area contributed by atoms with Crippen molar-refractivity contribution in [3.05, 3.63) is 59.9 Å². The highest BCUT2D eigenvalue weighted by molar-refractivity contribution is 5.94. The zero-order valence-corrected chi connectivity index (χ0v) is 12.2. The topological polar surface area (TPSA) is 90.8 Å². The minimum absolute atomic E-state index is 0.0163. The second-order valence-electron chi connectivity index (χ2n) is 4.85. The van der Waals surface area contributed by atoms with Crippen molar-refractivity contribution in [3.63, 3.8) is 0 Å². The maximum absolute atomic E-state index is 12.1. The van der Waals surface area contributed by atoms with Gasteiger partial charge in [0.2, 0.25) is 0 Å². The summed E-state index contributed by atoms with van der Waals surface area (Å²) in [7, 11) is 0. The average Bonchev–Trinajstić information content (AvgIpc) is 3.01. The van der Waals surface area contributed by atoms with E-state index in [4.69, 9.17) is 10.00 Å². The molecule has 3 aromatic rings. The molecule has 2 aromatic carbocycles. The lowest BCUT2D eigenvalue weighted by Crippen LogP contribution is -2.23. The standard InChI is InChI=1S/C17H14N4O2/c18-9-10-23-13-7-5-12(6-8-13)17(22)19-11-16-20-14-3-1-2-4-15(14)21-16/h1-8H,10-11H2,(H,19,22)(H,20,21). The third-order valence-corrected chi connectivity index (χ3v) is 3.27. The van der Waals surface area contributed by atoms with Gasteiger partial charge >= 0.3 is 0 Å². The zero-order valence-electron chi connectivity index (χ0n) is 12.2. The van der Waals surface area contributed by atoms with Gasteiger partial charge in [-0.15, -0.1) is 0 Å². The molecule has 0 bridgehead atoms. The highest BCUT2D eigenvalue weighted by Crippen LogP contribution is 2.13. The van der Waals surface area contributed by atoms with E-state index in [0.29, 0.717) is 23.7 Å². The van der Waals surface area contributed by atoms with Crippen LogP contribution in [0.4, 0.5) is 0 Å². The summed E-state index contributed by atoms with van der Waals surface area (Å²) < 4.78 is 5.15. The van der Waals surface area contributed by atoms with Crippen LogP contribution in [0.5, 0.6) is 5.75 Å². The number of aromatic nitrogens is 2. The van der Waals surface area contributed by atoms with Crippen LogP contribution in [-0.2, 0) is 6.54 Å². The van der Waals surface area contributed by atoms with Crippen LogP contribution >= 0.6 is 0 Å². The largest absolute Gasteiger partial charge is 0.479 e. The van der Waals surface area contributed by atoms with Gasteiger partial charge in [-0.25, -0.2) is 4.98 Å². The first-order valence-corrected chi connectivity index (χ1v) is 7.08. The van der Waals surface area contributed by atoms with E-state index in [9.17, 15) is 4.79 Å². The van der Waals surface area contributed by atoms with Crippen LogP contribution in [0.3, 0.4) is 0 Å². The molecule has 0 fully saturated rings. The van der Waals surface area contributed by atoms with E-state index < -0.39 is 0 Å². The van der Waals surface area contributed by atoms with Gasteiger partial charge in [0.25, 0.3) is 5.91 Å². The van der Waals surface area contributed by atoms with E-state index >= 15 is 0 Å². The number of rotatable bonds is 5. The highest BCUT2D eigenvalue weighted by atomic mass is 16.5. The van der Waals surface area contributed by atoms with E-state index in [-0.39, 0.29) is 12.5 Å². The number of nitriles is 1. The van der Waals surface area contributed by atoms with Gasteiger partial charge < -0.3 is 15.0 Å². The number of H-pyrrole nitrogens is 1. The van der Waals surface area contributed by atoms with Gasteiger partial charge in [-0.2, -0.15) is 5.26 Å². The van der Waals surface area contributed by atoms with Crippen LogP contribution in [0.2, 0.25) is 0 Å². The van der Waals surface area contributed by atoms with Crippen molar-refractivity contribution < 1.29 is 9.53 Å². The molecule has 1 heterocycles. The quantitative estimate of drug-likeness (QED) is 0.757. The van der Waals surface area contributed by atoms with Gasteiger partial charge in [0.05, 0.1) is 17.6 Å². The number of hydrogen-bond donors (Lipinski definition) is 2. The van der Waals surface area contributed by atoms with Crippen molar-refractivity contribution in [1.82, 2.24) is 15.3 Å². The molecule has 0 spiro atoms. The summed E-state index contributed by atoms with van der Waals surface area (Å²) >= 11 is 0. The van der Waals surface area contributed by atoms with Crippen LogP contribution < -0.4 is 10.1 Å². The van der Waals surface area contributed by atoms with Crippen molar-refractivity contribution in [2.45, 2.75) is 6.54 Å². The third kappa shape index (κ3) is 3.47. The molecular formula is C17H14N4O2. The molecule has 0 aliphatic rings. The molecule has 1 amide bonds. The van der Waals surface area contributed by atoms with E-state index in [2.05, 4.69) is 15.3 Å². The molecule has 2 N–H and O–H groups in total. The number of fused-ring (bicyclic) bond motifs is 1. The van der Waals surface area contributed by atoms with Gasteiger partial charge in [0, 0.05) is 5.56 Å². The number of nitrogens with one attached hydrogen (secondary N) is 2. The molecule has 0 saturated carbocycles. The molecule has 0 aliphatic carbocycles. The zero-order chi connectivity index (χ0) is 16.1. The van der Waals surface area contributed by atoms with Crippen LogP contribution in [0.1, 0.15) is 16.2 Å². The first kappa shape index (κ1) is 14.6. The van der Waals surface area contributed by atoms with Gasteiger partial charge in [-0.1, -0.05) is 12.1 Å². The van der Waals surface area contributed by atoms with Crippen molar-refractivity contribution in [2.24, 2.45) is 0 Å². The molecule has 0 radical (unpaired) electrons. The number of imidazole rings is 1. The molecule has 6 heteroatoms. The normalized spacial score (nSPS) is 10.2. The minimum Gasteiger partial charge on any atom is -0.479 e. The lowest BCUT2D eigenvalue weighted by molar-refractivity contribution is 0.0950. The minimum atomic E-state index is -0.197. The smallest absolute Gasteiger partial charge is 0.251 e. The number of hydrogen-bond acceptors (Lipinski definition) is 4. The Balaban J connectivity index is 1.61. The summed E-state index contributed by atoms with van der Waals surface area (Å²) in [5.74, 6) is 1.06. The van der Waals surface area contributed by atoms with E-state index in [1.807, 2.05) is 30.3 Å². The summed E-state index contributed by atoms with van der Waals surface area (Å²) in [6, 6.07) is 16.2. The lowest BCUT2D eigenvalue weighted by atomic mass is 10.2. The Morgan fingerprint density at radius 1 is 1.22 bits per heavy atom. The molecule has 0 atom stereocenters. The Bertz CT molecular complexity index is 829. The molecule has 0 saturated heterocycles. The van der Waals surface area contributed by atoms with Crippen molar-refractivity contribution >= 4 is 16.9 Å². The Morgan fingerprint density at radius 3 is 2.74 bits per heavy atom. The number of carbonyl (C=O) groups excluding carboxylic acids is 1. The second-order valence-corrected chi connectivity index (χ2v) is 4.85. The summed E-state index contributed by atoms with van der Waals surface area (Å²) in [4.78, 5) is 19.7. The average molecular weight is 306 g/mol. The predicted molar refractivity (Wildman–Crippen MR) is 84.8 cm³/mol. The van der Waals surface area contributed by atoms with Gasteiger partial charge in [0.15, 0.2) is 6.61 Å². The lowest BCUT2D eigenvalue weighted by Gasteiger charge is -2.05. The monoisotopic (exact) mass is 306 g/mol. The van der Waals surface area contributed by atoms with Crippen molar-refractivity contribution in [3.8, 4) is 11.8 Å². The fourth-order valence-corrected chi connectivity index (χ4v) is 2.17. The maximum atomic E-state index is 12.1. The molecular weight excluding hydrogens is 292 g/mol. The number of nitrogens with zero attached hydrogens (tertiary/aromatic N) is 2. The highest BCUT2D eigenvalue weighted by Gasteiger charge is 2.07. The van der Waals surface area contributed by atoms with Crippen molar-refractivity contribution in [1.29, 1.82) is 5.26 Å². The Kier molecular flexibility index (Phi) is 4.20. The fraction of sp³-hybridized carbons (Fsp3) is 0.118. The summed E-state index contributed by atoms with van der Waals surface area (Å²) in [6.45, 7) is 0.303. The third-order valence-electron chi connectivity index (χ3n) is 3.27. The van der Waals surface area contributed by atoms with Gasteiger partial charge in [-0.3, -0.25) is 4.79 Å². The Hall–Kier alpha value is -3.33. The van der Waals surface area contributed by atoms with Crippen LogP contribution in [0.15, 0.2) is 48.5 Å². The fourth-order valence-electron chi connectivity index (χ4n) is 2.17. The molecule has 114 valence electrons. The summed E-state index contributed by atoms with van der Waals surface area (Å²) in [5, 5.41) is 11.3. The van der Waals surface area contributed by atoms with E-state index in [1.54, 1.807) is 24.3 Å². The van der Waals surface area contributed by atoms with Crippen LogP contribution in [0, 0.1) is 11.3 Å². The first-order valence-electron chi connectivity index (χ1n) is 7.08. The molecule has 23 heavy (non-hydrogen) atoms. The number of para-hydroxylation sites is 2. The van der Waals surface area contributed by atoms with Crippen LogP contribution in [-0.4, -0.2) is 22.5 Å². The molecule has 1 aromatic heterocycles. The Morgan fingerprint density at radius 2 is 2.00 bits per heavy atom. The number of carbonyl (C=O) groups is 1. The summed E-state index contributed by atoms with van der Waals surface area (Å²) in [6.07, 6.45) is 0. The molecule has 3 rings (SSSR count). The number of aromatic amines is 1. The molecule has 0 unspecified atom stereocenters. The number of benzene rings is 2. The molecule has 6 nitrogen and oxygen atoms in total. The molecule has 0 aliphatic heterocycles. The number of amides is 1. The van der Waals surface area contributed by atoms with Gasteiger partial charge in [-0.05, 0) is 36.4 Å².